The van der Waals surface area contributed by atoms with Gasteiger partial charge in [-0.2, -0.15) is 0 Å². The number of nitrogens with one attached hydrogen (secondary N) is 1. The second-order valence-electron chi connectivity index (χ2n) is 5.79. The molecule has 1 amide bonds. The third-order valence-corrected chi connectivity index (χ3v) is 3.69. The molecular formula is C20H18N2O4. The molecule has 26 heavy (non-hydrogen) atoms. The fourth-order valence-corrected chi connectivity index (χ4v) is 2.42. The minimum atomic E-state index is -0.224. The molecular weight excluding hydrogens is 332 g/mol. The van der Waals surface area contributed by atoms with E-state index in [-0.39, 0.29) is 18.3 Å². The lowest BCUT2D eigenvalue weighted by atomic mass is 10.1. The van der Waals surface area contributed by atoms with Gasteiger partial charge >= 0.3 is 0 Å². The van der Waals surface area contributed by atoms with Crippen LogP contribution in [0.5, 0.6) is 5.75 Å². The number of carbonyl (C=O) groups excluding carboxylic acids is 2. The van der Waals surface area contributed by atoms with Gasteiger partial charge in [0.05, 0.1) is 5.69 Å². The smallest absolute Gasteiger partial charge is 0.221 e. The van der Waals surface area contributed by atoms with Crippen molar-refractivity contribution in [1.82, 2.24) is 5.16 Å². The average molecular weight is 350 g/mol. The summed E-state index contributed by atoms with van der Waals surface area (Å²) < 4.78 is 11.1. The molecule has 0 aliphatic carbocycles. The van der Waals surface area contributed by atoms with Gasteiger partial charge in [0.25, 0.3) is 0 Å². The minimum absolute atomic E-state index is 0.0861. The highest BCUT2D eigenvalue weighted by Crippen LogP contribution is 2.28. The predicted molar refractivity (Wildman–Crippen MR) is 97.0 cm³/mol. The Kier molecular flexibility index (Phi) is 5.12. The molecule has 6 nitrogen and oxygen atoms in total. The third kappa shape index (κ3) is 4.16. The summed E-state index contributed by atoms with van der Waals surface area (Å²) in [5.74, 6) is 0.733. The van der Waals surface area contributed by atoms with Crippen LogP contribution in [0.2, 0.25) is 0 Å². The van der Waals surface area contributed by atoms with Crippen LogP contribution >= 0.6 is 0 Å². The maximum absolute atomic E-state index is 11.6. The zero-order valence-electron chi connectivity index (χ0n) is 14.5. The summed E-state index contributed by atoms with van der Waals surface area (Å²) in [6.07, 6.45) is 0. The van der Waals surface area contributed by atoms with Crippen molar-refractivity contribution in [3.63, 3.8) is 0 Å². The van der Waals surface area contributed by atoms with Gasteiger partial charge in [0.1, 0.15) is 18.1 Å². The van der Waals surface area contributed by atoms with Crippen LogP contribution < -0.4 is 10.1 Å². The fraction of sp³-hybridized carbons (Fsp3) is 0.150. The number of hydrogen-bond donors (Lipinski definition) is 1. The second-order valence-corrected chi connectivity index (χ2v) is 5.79. The van der Waals surface area contributed by atoms with Crippen molar-refractivity contribution in [2.75, 3.05) is 5.32 Å². The third-order valence-electron chi connectivity index (χ3n) is 3.69. The maximum Gasteiger partial charge on any atom is 0.221 e. The van der Waals surface area contributed by atoms with Crippen LogP contribution in [0.25, 0.3) is 11.3 Å². The van der Waals surface area contributed by atoms with Crippen LogP contribution in [-0.4, -0.2) is 16.8 Å². The number of nitrogens with zero attached hydrogens (tertiary/aromatic N) is 1. The summed E-state index contributed by atoms with van der Waals surface area (Å²) in [4.78, 5) is 23.0. The van der Waals surface area contributed by atoms with Gasteiger partial charge in [-0.05, 0) is 25.1 Å². The van der Waals surface area contributed by atoms with Crippen molar-refractivity contribution in [3.05, 3.63) is 65.9 Å². The SMILES string of the molecule is CC(=O)Nc1ccc(C(C)=O)cc1OCc1cc(-c2ccccc2)on1. The van der Waals surface area contributed by atoms with E-state index in [1.165, 1.54) is 13.8 Å². The van der Waals surface area contributed by atoms with Crippen molar-refractivity contribution < 1.29 is 18.8 Å². The number of rotatable bonds is 6. The normalized spacial score (nSPS) is 10.4. The lowest BCUT2D eigenvalue weighted by Gasteiger charge is -2.12. The number of ether oxygens (including phenoxy) is 1. The first-order valence-electron chi connectivity index (χ1n) is 8.09. The van der Waals surface area contributed by atoms with Crippen LogP contribution in [0.4, 0.5) is 5.69 Å². The molecule has 0 spiro atoms. The van der Waals surface area contributed by atoms with E-state index >= 15 is 0 Å². The molecule has 0 saturated heterocycles. The zero-order valence-corrected chi connectivity index (χ0v) is 14.5. The summed E-state index contributed by atoms with van der Waals surface area (Å²) in [5.41, 5.74) is 2.52. The molecule has 6 heteroatoms. The molecule has 0 radical (unpaired) electrons. The van der Waals surface area contributed by atoms with E-state index in [0.29, 0.717) is 28.5 Å². The van der Waals surface area contributed by atoms with Gasteiger partial charge < -0.3 is 14.6 Å². The molecule has 0 aliphatic rings. The molecule has 0 bridgehead atoms. The van der Waals surface area contributed by atoms with E-state index in [9.17, 15) is 9.59 Å². The van der Waals surface area contributed by atoms with E-state index in [2.05, 4.69) is 10.5 Å². The van der Waals surface area contributed by atoms with E-state index < -0.39 is 0 Å². The van der Waals surface area contributed by atoms with Gasteiger partial charge in [-0.3, -0.25) is 9.59 Å². The van der Waals surface area contributed by atoms with Gasteiger partial charge in [0.15, 0.2) is 11.5 Å². The molecule has 3 aromatic rings. The number of hydrogen-bond acceptors (Lipinski definition) is 5. The number of Topliss-reactive ketones (excluding diaryl/α,β-unsaturated/α-hetero) is 1. The Balaban J connectivity index is 1.78. The number of amides is 1. The quantitative estimate of drug-likeness (QED) is 0.677. The van der Waals surface area contributed by atoms with Crippen LogP contribution in [0.1, 0.15) is 29.9 Å². The lowest BCUT2D eigenvalue weighted by molar-refractivity contribution is -0.114. The largest absolute Gasteiger partial charge is 0.485 e. The fourth-order valence-electron chi connectivity index (χ4n) is 2.42. The van der Waals surface area contributed by atoms with Gasteiger partial charge in [-0.15, -0.1) is 0 Å². The van der Waals surface area contributed by atoms with Crippen LogP contribution in [0, 0.1) is 0 Å². The number of carbonyl (C=O) groups is 2. The molecule has 3 rings (SSSR count). The maximum atomic E-state index is 11.6. The summed E-state index contributed by atoms with van der Waals surface area (Å²) in [5, 5.41) is 6.69. The first-order chi connectivity index (χ1) is 12.5. The first-order valence-corrected chi connectivity index (χ1v) is 8.09. The molecule has 1 heterocycles. The predicted octanol–water partition coefficient (Wildman–Crippen LogP) is 4.08. The molecule has 1 N–H and O–H groups in total. The Hall–Kier alpha value is -3.41. The summed E-state index contributed by atoms with van der Waals surface area (Å²) in [6.45, 7) is 3.03. The van der Waals surface area contributed by atoms with Crippen molar-refractivity contribution in [2.24, 2.45) is 0 Å². The minimum Gasteiger partial charge on any atom is -0.485 e. The number of anilines is 1. The van der Waals surface area contributed by atoms with Crippen molar-refractivity contribution in [3.8, 4) is 17.1 Å². The van der Waals surface area contributed by atoms with Crippen molar-refractivity contribution in [2.45, 2.75) is 20.5 Å². The molecule has 0 aliphatic heterocycles. The van der Waals surface area contributed by atoms with E-state index in [1.807, 2.05) is 30.3 Å². The Morgan fingerprint density at radius 3 is 2.54 bits per heavy atom. The molecule has 0 saturated carbocycles. The van der Waals surface area contributed by atoms with Crippen LogP contribution in [-0.2, 0) is 11.4 Å². The van der Waals surface area contributed by atoms with Gasteiger partial charge in [-0.25, -0.2) is 0 Å². The van der Waals surface area contributed by atoms with E-state index in [0.717, 1.165) is 5.56 Å². The van der Waals surface area contributed by atoms with E-state index in [1.54, 1.807) is 24.3 Å². The summed E-state index contributed by atoms with van der Waals surface area (Å²) in [6, 6.07) is 16.3. The number of ketones is 1. The highest BCUT2D eigenvalue weighted by Gasteiger charge is 2.12. The molecule has 1 aromatic heterocycles. The standard InChI is InChI=1S/C20H18N2O4/c1-13(23)16-8-9-18(21-14(2)24)20(10-16)25-12-17-11-19(26-22-17)15-6-4-3-5-7-15/h3-11H,12H2,1-2H3,(H,21,24). The Morgan fingerprint density at radius 1 is 1.08 bits per heavy atom. The Bertz CT molecular complexity index is 932. The topological polar surface area (TPSA) is 81.4 Å². The summed E-state index contributed by atoms with van der Waals surface area (Å²) >= 11 is 0. The molecule has 0 atom stereocenters. The van der Waals surface area contributed by atoms with Gasteiger partial charge in [0.2, 0.25) is 5.91 Å². The molecule has 0 unspecified atom stereocenters. The number of aromatic nitrogens is 1. The average Bonchev–Trinajstić information content (AvgIpc) is 3.10. The van der Waals surface area contributed by atoms with Gasteiger partial charge in [-0.1, -0.05) is 35.5 Å². The molecule has 2 aromatic carbocycles. The highest BCUT2D eigenvalue weighted by molar-refractivity contribution is 5.96. The first kappa shape index (κ1) is 17.4. The Labute approximate surface area is 150 Å². The lowest BCUT2D eigenvalue weighted by Crippen LogP contribution is -2.09. The second kappa shape index (κ2) is 7.65. The highest BCUT2D eigenvalue weighted by atomic mass is 16.5. The Morgan fingerprint density at radius 2 is 1.85 bits per heavy atom. The van der Waals surface area contributed by atoms with Gasteiger partial charge in [0, 0.05) is 24.1 Å². The monoisotopic (exact) mass is 350 g/mol. The van der Waals surface area contributed by atoms with Crippen molar-refractivity contribution in [1.29, 1.82) is 0 Å². The summed E-state index contributed by atoms with van der Waals surface area (Å²) in [7, 11) is 0. The number of benzene rings is 2. The zero-order chi connectivity index (χ0) is 18.5. The van der Waals surface area contributed by atoms with Crippen LogP contribution in [0.15, 0.2) is 59.1 Å². The molecule has 132 valence electrons. The molecule has 0 fully saturated rings. The van der Waals surface area contributed by atoms with Crippen molar-refractivity contribution >= 4 is 17.4 Å². The van der Waals surface area contributed by atoms with Crippen LogP contribution in [0.3, 0.4) is 0 Å². The van der Waals surface area contributed by atoms with E-state index in [4.69, 9.17) is 9.26 Å².